The van der Waals surface area contributed by atoms with Crippen molar-refractivity contribution < 1.29 is 0 Å². The SMILES string of the molecule is CC1CC1CN(C)Cc1nc(Cl)c2ccsc2n1. The van der Waals surface area contributed by atoms with E-state index in [-0.39, 0.29) is 0 Å². The van der Waals surface area contributed by atoms with Gasteiger partial charge in [0.05, 0.1) is 6.54 Å². The summed E-state index contributed by atoms with van der Waals surface area (Å²) in [4.78, 5) is 12.2. The van der Waals surface area contributed by atoms with Gasteiger partial charge in [0.25, 0.3) is 0 Å². The maximum Gasteiger partial charge on any atom is 0.145 e. The molecule has 96 valence electrons. The lowest BCUT2D eigenvalue weighted by atomic mass is 10.3. The molecule has 2 unspecified atom stereocenters. The van der Waals surface area contributed by atoms with E-state index >= 15 is 0 Å². The summed E-state index contributed by atoms with van der Waals surface area (Å²) in [5, 5.41) is 3.54. The van der Waals surface area contributed by atoms with E-state index in [1.54, 1.807) is 11.3 Å². The molecule has 0 aliphatic heterocycles. The van der Waals surface area contributed by atoms with Crippen molar-refractivity contribution in [2.45, 2.75) is 19.9 Å². The van der Waals surface area contributed by atoms with Crippen LogP contribution in [0.15, 0.2) is 11.4 Å². The largest absolute Gasteiger partial charge is 0.299 e. The van der Waals surface area contributed by atoms with E-state index in [0.29, 0.717) is 5.15 Å². The molecular weight excluding hydrogens is 266 g/mol. The highest BCUT2D eigenvalue weighted by atomic mass is 35.5. The van der Waals surface area contributed by atoms with Crippen molar-refractivity contribution in [3.63, 3.8) is 0 Å². The molecule has 0 saturated heterocycles. The molecule has 1 saturated carbocycles. The lowest BCUT2D eigenvalue weighted by Crippen LogP contribution is -2.22. The summed E-state index contributed by atoms with van der Waals surface area (Å²) in [6.45, 7) is 4.21. The summed E-state index contributed by atoms with van der Waals surface area (Å²) in [6, 6.07) is 1.97. The molecule has 1 aliphatic rings. The van der Waals surface area contributed by atoms with Crippen molar-refractivity contribution in [1.82, 2.24) is 14.9 Å². The number of nitrogens with zero attached hydrogens (tertiary/aromatic N) is 3. The summed E-state index contributed by atoms with van der Waals surface area (Å²) in [6.07, 6.45) is 1.36. The van der Waals surface area contributed by atoms with E-state index in [2.05, 4.69) is 28.8 Å². The predicted octanol–water partition coefficient (Wildman–Crippen LogP) is 3.43. The van der Waals surface area contributed by atoms with E-state index < -0.39 is 0 Å². The second kappa shape index (κ2) is 4.76. The molecular formula is C13H16ClN3S. The van der Waals surface area contributed by atoms with E-state index in [0.717, 1.165) is 41.0 Å². The Kier molecular flexibility index (Phi) is 3.26. The maximum absolute atomic E-state index is 6.17. The van der Waals surface area contributed by atoms with E-state index in [4.69, 9.17) is 11.6 Å². The minimum atomic E-state index is 0.574. The molecule has 2 heterocycles. The molecule has 1 fully saturated rings. The van der Waals surface area contributed by atoms with Crippen LogP contribution in [0.3, 0.4) is 0 Å². The molecule has 2 aromatic rings. The third-order valence-electron chi connectivity index (χ3n) is 3.56. The van der Waals surface area contributed by atoms with Gasteiger partial charge in [0.2, 0.25) is 0 Å². The van der Waals surface area contributed by atoms with Gasteiger partial charge in [-0.1, -0.05) is 18.5 Å². The molecule has 2 atom stereocenters. The Bertz CT molecular complexity index is 568. The second-order valence-electron chi connectivity index (χ2n) is 5.24. The van der Waals surface area contributed by atoms with Gasteiger partial charge < -0.3 is 0 Å². The minimum absolute atomic E-state index is 0.574. The molecule has 0 amide bonds. The fourth-order valence-corrected chi connectivity index (χ4v) is 3.38. The molecule has 5 heteroatoms. The van der Waals surface area contributed by atoms with Gasteiger partial charge in [0.15, 0.2) is 0 Å². The van der Waals surface area contributed by atoms with Crippen molar-refractivity contribution >= 4 is 33.2 Å². The zero-order valence-corrected chi connectivity index (χ0v) is 12.1. The second-order valence-corrected chi connectivity index (χ2v) is 6.49. The van der Waals surface area contributed by atoms with Crippen molar-refractivity contribution in [3.05, 3.63) is 22.4 Å². The van der Waals surface area contributed by atoms with Crippen molar-refractivity contribution in [2.75, 3.05) is 13.6 Å². The Labute approximate surface area is 116 Å². The van der Waals surface area contributed by atoms with Gasteiger partial charge in [0.1, 0.15) is 15.8 Å². The number of hydrogen-bond donors (Lipinski definition) is 0. The summed E-state index contributed by atoms with van der Waals surface area (Å²) in [7, 11) is 2.13. The molecule has 0 radical (unpaired) electrons. The van der Waals surface area contributed by atoms with Crippen molar-refractivity contribution in [1.29, 1.82) is 0 Å². The first kappa shape index (κ1) is 12.3. The summed E-state index contributed by atoms with van der Waals surface area (Å²) in [5.41, 5.74) is 0. The molecule has 18 heavy (non-hydrogen) atoms. The quantitative estimate of drug-likeness (QED) is 0.804. The zero-order chi connectivity index (χ0) is 12.7. The van der Waals surface area contributed by atoms with Gasteiger partial charge in [-0.2, -0.15) is 0 Å². The van der Waals surface area contributed by atoms with Gasteiger partial charge >= 0.3 is 0 Å². The highest BCUT2D eigenvalue weighted by Crippen LogP contribution is 2.38. The monoisotopic (exact) mass is 281 g/mol. The topological polar surface area (TPSA) is 29.0 Å². The summed E-state index contributed by atoms with van der Waals surface area (Å²) in [5.74, 6) is 2.57. The molecule has 0 aromatic carbocycles. The molecule has 1 aliphatic carbocycles. The summed E-state index contributed by atoms with van der Waals surface area (Å²) < 4.78 is 0. The number of hydrogen-bond acceptors (Lipinski definition) is 4. The molecule has 3 rings (SSSR count). The van der Waals surface area contributed by atoms with Crippen LogP contribution in [0.2, 0.25) is 5.15 Å². The number of thiophene rings is 1. The van der Waals surface area contributed by atoms with Crippen LogP contribution in [-0.4, -0.2) is 28.5 Å². The van der Waals surface area contributed by atoms with E-state index in [1.807, 2.05) is 11.4 Å². The third-order valence-corrected chi connectivity index (χ3v) is 4.65. The Hall–Kier alpha value is -0.710. The lowest BCUT2D eigenvalue weighted by molar-refractivity contribution is 0.300. The average molecular weight is 282 g/mol. The highest BCUT2D eigenvalue weighted by Gasteiger charge is 2.33. The highest BCUT2D eigenvalue weighted by molar-refractivity contribution is 7.16. The maximum atomic E-state index is 6.17. The van der Waals surface area contributed by atoms with Crippen LogP contribution in [0.1, 0.15) is 19.2 Å². The zero-order valence-electron chi connectivity index (χ0n) is 10.6. The Morgan fingerprint density at radius 1 is 1.50 bits per heavy atom. The van der Waals surface area contributed by atoms with Gasteiger partial charge in [0, 0.05) is 11.9 Å². The summed E-state index contributed by atoms with van der Waals surface area (Å²) >= 11 is 7.78. The minimum Gasteiger partial charge on any atom is -0.299 e. The smallest absolute Gasteiger partial charge is 0.145 e. The first-order chi connectivity index (χ1) is 8.63. The van der Waals surface area contributed by atoms with Crippen LogP contribution in [0.4, 0.5) is 0 Å². The van der Waals surface area contributed by atoms with Crippen molar-refractivity contribution in [3.8, 4) is 0 Å². The number of aromatic nitrogens is 2. The third kappa shape index (κ3) is 2.51. The van der Waals surface area contributed by atoms with Crippen LogP contribution < -0.4 is 0 Å². The van der Waals surface area contributed by atoms with Gasteiger partial charge in [-0.15, -0.1) is 11.3 Å². The van der Waals surface area contributed by atoms with Crippen molar-refractivity contribution in [2.24, 2.45) is 11.8 Å². The Morgan fingerprint density at radius 3 is 3.00 bits per heavy atom. The molecule has 0 spiro atoms. The molecule has 2 aromatic heterocycles. The number of halogens is 1. The molecule has 3 nitrogen and oxygen atoms in total. The van der Waals surface area contributed by atoms with Crippen LogP contribution in [-0.2, 0) is 6.54 Å². The molecule has 0 bridgehead atoms. The van der Waals surface area contributed by atoms with Gasteiger partial charge in [-0.25, -0.2) is 9.97 Å². The average Bonchev–Trinajstić information content (AvgIpc) is 2.79. The number of fused-ring (bicyclic) bond motifs is 1. The number of rotatable bonds is 4. The standard InChI is InChI=1S/C13H16ClN3S/c1-8-5-9(8)6-17(2)7-11-15-12(14)10-3-4-18-13(10)16-11/h3-4,8-9H,5-7H2,1-2H3. The van der Waals surface area contributed by atoms with Crippen LogP contribution in [0.25, 0.3) is 10.2 Å². The van der Waals surface area contributed by atoms with Crippen LogP contribution in [0.5, 0.6) is 0 Å². The lowest BCUT2D eigenvalue weighted by Gasteiger charge is -2.15. The Morgan fingerprint density at radius 2 is 2.28 bits per heavy atom. The predicted molar refractivity (Wildman–Crippen MR) is 76.0 cm³/mol. The fraction of sp³-hybridized carbons (Fsp3) is 0.538. The van der Waals surface area contributed by atoms with E-state index in [1.165, 1.54) is 6.42 Å². The first-order valence-electron chi connectivity index (χ1n) is 6.21. The fourth-order valence-electron chi connectivity index (χ4n) is 2.29. The van der Waals surface area contributed by atoms with E-state index in [9.17, 15) is 0 Å². The van der Waals surface area contributed by atoms with Crippen LogP contribution >= 0.6 is 22.9 Å². The first-order valence-corrected chi connectivity index (χ1v) is 7.47. The van der Waals surface area contributed by atoms with Gasteiger partial charge in [-0.05, 0) is 36.8 Å². The van der Waals surface area contributed by atoms with Gasteiger partial charge in [-0.3, -0.25) is 4.90 Å². The Balaban J connectivity index is 1.73. The van der Waals surface area contributed by atoms with Crippen LogP contribution in [0, 0.1) is 11.8 Å². The normalized spacial score (nSPS) is 22.9. The molecule has 0 N–H and O–H groups in total.